The molecular weight excluding hydrogens is 235 g/mol. The molecule has 0 saturated heterocycles. The molecule has 0 aromatic carbocycles. The van der Waals surface area contributed by atoms with Crippen LogP contribution in [0.3, 0.4) is 0 Å². The Morgan fingerprint density at radius 1 is 1.53 bits per heavy atom. The molecule has 0 aliphatic heterocycles. The maximum Gasteiger partial charge on any atom is 0.411 e. The molecule has 0 aliphatic rings. The highest BCUT2D eigenvalue weighted by molar-refractivity contribution is 6.31. The molecule has 86 valence electrons. The van der Waals surface area contributed by atoms with Crippen molar-refractivity contribution < 1.29 is 17.9 Å². The number of alkyl halides is 3. The SMILES string of the molecule is Nc1cnn(CCOCC(F)(F)F)c1Cl. The Morgan fingerprint density at radius 2 is 2.20 bits per heavy atom. The number of nitrogen functional groups attached to an aromatic ring is 1. The molecule has 0 atom stereocenters. The van der Waals surface area contributed by atoms with E-state index in [0.717, 1.165) is 0 Å². The minimum atomic E-state index is -4.31. The first-order valence-electron chi connectivity index (χ1n) is 4.01. The van der Waals surface area contributed by atoms with Gasteiger partial charge in [0.2, 0.25) is 0 Å². The smallest absolute Gasteiger partial charge is 0.395 e. The minimum Gasteiger partial charge on any atom is -0.395 e. The lowest BCUT2D eigenvalue weighted by Gasteiger charge is -2.07. The van der Waals surface area contributed by atoms with Crippen LogP contribution in [0.4, 0.5) is 18.9 Å². The molecular formula is C7H9ClF3N3O. The molecule has 0 spiro atoms. The third-order valence-electron chi connectivity index (χ3n) is 1.51. The Kier molecular flexibility index (Phi) is 3.81. The summed E-state index contributed by atoms with van der Waals surface area (Å²) < 4.78 is 40.7. The molecule has 4 nitrogen and oxygen atoms in total. The van der Waals surface area contributed by atoms with Gasteiger partial charge in [0.25, 0.3) is 0 Å². The number of nitrogens with two attached hydrogens (primary N) is 1. The second kappa shape index (κ2) is 4.71. The Labute approximate surface area is 88.8 Å². The number of rotatable bonds is 4. The van der Waals surface area contributed by atoms with E-state index >= 15 is 0 Å². The van der Waals surface area contributed by atoms with Gasteiger partial charge in [-0.15, -0.1) is 0 Å². The predicted octanol–water partition coefficient (Wildman–Crippen LogP) is 1.70. The topological polar surface area (TPSA) is 53.1 Å². The van der Waals surface area contributed by atoms with E-state index in [9.17, 15) is 13.2 Å². The zero-order valence-corrected chi connectivity index (χ0v) is 8.35. The Balaban J connectivity index is 2.30. The zero-order valence-electron chi connectivity index (χ0n) is 7.59. The summed E-state index contributed by atoms with van der Waals surface area (Å²) in [5.74, 6) is 0. The van der Waals surface area contributed by atoms with Crippen molar-refractivity contribution in [2.75, 3.05) is 18.9 Å². The number of anilines is 1. The molecule has 0 unspecified atom stereocenters. The highest BCUT2D eigenvalue weighted by Gasteiger charge is 2.27. The maximum atomic E-state index is 11.7. The molecule has 0 bridgehead atoms. The van der Waals surface area contributed by atoms with Crippen molar-refractivity contribution in [2.45, 2.75) is 12.7 Å². The number of ether oxygens (including phenoxy) is 1. The summed E-state index contributed by atoms with van der Waals surface area (Å²) in [6, 6.07) is 0. The van der Waals surface area contributed by atoms with Gasteiger partial charge >= 0.3 is 6.18 Å². The van der Waals surface area contributed by atoms with Crippen molar-refractivity contribution in [3.8, 4) is 0 Å². The molecule has 1 heterocycles. The van der Waals surface area contributed by atoms with Gasteiger partial charge in [-0.1, -0.05) is 11.6 Å². The highest BCUT2D eigenvalue weighted by Crippen LogP contribution is 2.17. The quantitative estimate of drug-likeness (QED) is 0.819. The van der Waals surface area contributed by atoms with Crippen LogP contribution in [0.15, 0.2) is 6.20 Å². The Morgan fingerprint density at radius 3 is 2.67 bits per heavy atom. The van der Waals surface area contributed by atoms with Crippen LogP contribution in [-0.4, -0.2) is 29.2 Å². The number of nitrogens with zero attached hydrogens (tertiary/aromatic N) is 2. The minimum absolute atomic E-state index is 0.125. The van der Waals surface area contributed by atoms with Crippen LogP contribution in [0, 0.1) is 0 Å². The molecule has 0 saturated carbocycles. The van der Waals surface area contributed by atoms with Crippen LogP contribution in [0.5, 0.6) is 0 Å². The lowest BCUT2D eigenvalue weighted by molar-refractivity contribution is -0.174. The first kappa shape index (κ1) is 12.1. The first-order valence-corrected chi connectivity index (χ1v) is 4.39. The van der Waals surface area contributed by atoms with E-state index in [4.69, 9.17) is 17.3 Å². The lowest BCUT2D eigenvalue weighted by atomic mass is 10.6. The molecule has 2 N–H and O–H groups in total. The number of hydrogen-bond acceptors (Lipinski definition) is 3. The van der Waals surface area contributed by atoms with Gasteiger partial charge in [0.15, 0.2) is 0 Å². The van der Waals surface area contributed by atoms with Crippen LogP contribution in [-0.2, 0) is 11.3 Å². The monoisotopic (exact) mass is 243 g/mol. The summed E-state index contributed by atoms with van der Waals surface area (Å²) in [5.41, 5.74) is 5.66. The zero-order chi connectivity index (χ0) is 11.5. The summed E-state index contributed by atoms with van der Waals surface area (Å²) in [6.07, 6.45) is -2.99. The van der Waals surface area contributed by atoms with Gasteiger partial charge in [0, 0.05) is 0 Å². The summed E-state index contributed by atoms with van der Waals surface area (Å²) in [6.45, 7) is -1.27. The van der Waals surface area contributed by atoms with Crippen LogP contribution in [0.1, 0.15) is 0 Å². The Bertz CT molecular complexity index is 326. The van der Waals surface area contributed by atoms with Crippen LogP contribution >= 0.6 is 11.6 Å². The van der Waals surface area contributed by atoms with E-state index in [1.165, 1.54) is 10.9 Å². The molecule has 1 aromatic heterocycles. The van der Waals surface area contributed by atoms with E-state index in [-0.39, 0.29) is 24.0 Å². The van der Waals surface area contributed by atoms with Crippen molar-refractivity contribution >= 4 is 17.3 Å². The maximum absolute atomic E-state index is 11.7. The fraction of sp³-hybridized carbons (Fsp3) is 0.571. The second-order valence-electron chi connectivity index (χ2n) is 2.78. The Hall–Kier alpha value is -0.950. The molecule has 8 heteroatoms. The number of halogens is 4. The molecule has 0 aliphatic carbocycles. The summed E-state index contributed by atoms with van der Waals surface area (Å²) in [7, 11) is 0. The van der Waals surface area contributed by atoms with Crippen LogP contribution in [0.2, 0.25) is 5.15 Å². The first-order chi connectivity index (χ1) is 6.90. The lowest BCUT2D eigenvalue weighted by Crippen LogP contribution is -2.19. The summed E-state index contributed by atoms with van der Waals surface area (Å²) in [4.78, 5) is 0. The normalized spacial score (nSPS) is 12.0. The van der Waals surface area contributed by atoms with Crippen molar-refractivity contribution in [1.29, 1.82) is 0 Å². The van der Waals surface area contributed by atoms with E-state index in [1.54, 1.807) is 0 Å². The van der Waals surface area contributed by atoms with Gasteiger partial charge in [-0.2, -0.15) is 18.3 Å². The standard InChI is InChI=1S/C7H9ClF3N3O/c8-6-5(12)3-13-14(6)1-2-15-4-7(9,10)11/h3H,1-2,4,12H2. The van der Waals surface area contributed by atoms with Crippen LogP contribution < -0.4 is 5.73 Å². The largest absolute Gasteiger partial charge is 0.411 e. The third-order valence-corrected chi connectivity index (χ3v) is 1.93. The van der Waals surface area contributed by atoms with E-state index < -0.39 is 12.8 Å². The van der Waals surface area contributed by atoms with E-state index in [0.29, 0.717) is 0 Å². The predicted molar refractivity (Wildman–Crippen MR) is 48.5 cm³/mol. The van der Waals surface area contributed by atoms with Gasteiger partial charge in [-0.3, -0.25) is 0 Å². The third kappa shape index (κ3) is 3.96. The number of aromatic nitrogens is 2. The van der Waals surface area contributed by atoms with Crippen LogP contribution in [0.25, 0.3) is 0 Å². The van der Waals surface area contributed by atoms with Crippen molar-refractivity contribution in [2.24, 2.45) is 0 Å². The van der Waals surface area contributed by atoms with Crippen molar-refractivity contribution in [3.05, 3.63) is 11.3 Å². The number of hydrogen-bond donors (Lipinski definition) is 1. The van der Waals surface area contributed by atoms with Crippen molar-refractivity contribution in [1.82, 2.24) is 9.78 Å². The average Bonchev–Trinajstić information content (AvgIpc) is 2.42. The summed E-state index contributed by atoms with van der Waals surface area (Å²) >= 11 is 5.68. The average molecular weight is 244 g/mol. The molecule has 0 radical (unpaired) electrons. The molecule has 0 amide bonds. The van der Waals surface area contributed by atoms with Gasteiger partial charge in [0.05, 0.1) is 25.0 Å². The van der Waals surface area contributed by atoms with Crippen molar-refractivity contribution in [3.63, 3.8) is 0 Å². The summed E-state index contributed by atoms with van der Waals surface area (Å²) in [5, 5.41) is 3.95. The van der Waals surface area contributed by atoms with E-state index in [1.807, 2.05) is 0 Å². The molecule has 15 heavy (non-hydrogen) atoms. The van der Waals surface area contributed by atoms with Gasteiger partial charge in [0.1, 0.15) is 11.8 Å². The van der Waals surface area contributed by atoms with Gasteiger partial charge in [-0.05, 0) is 0 Å². The fourth-order valence-electron chi connectivity index (χ4n) is 0.880. The van der Waals surface area contributed by atoms with Gasteiger partial charge in [-0.25, -0.2) is 4.68 Å². The highest BCUT2D eigenvalue weighted by atomic mass is 35.5. The molecule has 0 fully saturated rings. The fourth-order valence-corrected chi connectivity index (χ4v) is 1.06. The second-order valence-corrected chi connectivity index (χ2v) is 3.14. The molecule has 1 rings (SSSR count). The van der Waals surface area contributed by atoms with E-state index in [2.05, 4.69) is 9.84 Å². The van der Waals surface area contributed by atoms with Gasteiger partial charge < -0.3 is 10.5 Å². The molecule has 1 aromatic rings.